The number of carbonyl (C=O) groups is 1. The van der Waals surface area contributed by atoms with Gasteiger partial charge in [-0.1, -0.05) is 25.5 Å². The third-order valence-electron chi connectivity index (χ3n) is 10.7. The Kier molecular flexibility index (Phi) is 10.0. The summed E-state index contributed by atoms with van der Waals surface area (Å²) in [5.41, 5.74) is 6.12. The van der Waals surface area contributed by atoms with Crippen LogP contribution in [0.25, 0.3) is 0 Å². The van der Waals surface area contributed by atoms with Gasteiger partial charge in [-0.3, -0.25) is 4.90 Å². The highest BCUT2D eigenvalue weighted by molar-refractivity contribution is 5.75. The summed E-state index contributed by atoms with van der Waals surface area (Å²) >= 11 is 0. The summed E-state index contributed by atoms with van der Waals surface area (Å²) in [4.78, 5) is 19.0. The summed E-state index contributed by atoms with van der Waals surface area (Å²) in [5.74, 6) is 4.56. The summed E-state index contributed by atoms with van der Waals surface area (Å²) < 4.78 is 28.2. The van der Waals surface area contributed by atoms with E-state index in [1.807, 2.05) is 24.3 Å². The third kappa shape index (κ3) is 6.55. The van der Waals surface area contributed by atoms with Crippen LogP contribution >= 0.6 is 0 Å². The van der Waals surface area contributed by atoms with Crippen LogP contribution in [0.1, 0.15) is 53.6 Å². The molecule has 47 heavy (non-hydrogen) atoms. The van der Waals surface area contributed by atoms with Gasteiger partial charge in [0, 0.05) is 38.3 Å². The molecule has 3 aliphatic heterocycles. The average Bonchev–Trinajstić information content (AvgIpc) is 3.31. The molecule has 0 aliphatic carbocycles. The Bertz CT molecular complexity index is 1560. The summed E-state index contributed by atoms with van der Waals surface area (Å²) in [6.45, 7) is 5.41. The molecule has 3 aliphatic rings. The molecule has 3 aromatic carbocycles. The topological polar surface area (TPSA) is 81.7 Å². The number of rotatable bonds is 9. The van der Waals surface area contributed by atoms with Crippen molar-refractivity contribution in [2.45, 2.75) is 57.7 Å². The quantitative estimate of drug-likeness (QED) is 0.304. The first-order valence-corrected chi connectivity index (χ1v) is 16.8. The zero-order chi connectivity index (χ0) is 33.1. The van der Waals surface area contributed by atoms with Crippen LogP contribution in [0.4, 0.5) is 4.79 Å². The Balaban J connectivity index is 1.35. The second kappa shape index (κ2) is 14.3. The van der Waals surface area contributed by atoms with Crippen LogP contribution in [-0.4, -0.2) is 77.1 Å². The van der Waals surface area contributed by atoms with Gasteiger partial charge in [-0.2, -0.15) is 0 Å². The van der Waals surface area contributed by atoms with Gasteiger partial charge in [-0.15, -0.1) is 0 Å². The van der Waals surface area contributed by atoms with Crippen molar-refractivity contribution in [3.8, 4) is 28.7 Å². The number of benzene rings is 3. The van der Waals surface area contributed by atoms with E-state index in [0.717, 1.165) is 79.5 Å². The second-order valence-corrected chi connectivity index (χ2v) is 12.9. The van der Waals surface area contributed by atoms with Crippen LogP contribution in [0.2, 0.25) is 0 Å². The maximum absolute atomic E-state index is 14.2. The number of nitrogens with zero attached hydrogens (tertiary/aromatic N) is 2. The van der Waals surface area contributed by atoms with E-state index in [1.165, 1.54) is 22.3 Å². The van der Waals surface area contributed by atoms with Crippen molar-refractivity contribution in [1.29, 1.82) is 0 Å². The first-order valence-electron chi connectivity index (χ1n) is 16.8. The van der Waals surface area contributed by atoms with E-state index >= 15 is 0 Å². The zero-order valence-corrected chi connectivity index (χ0v) is 28.6. The fourth-order valence-corrected chi connectivity index (χ4v) is 8.15. The molecule has 1 saturated heterocycles. The molecule has 3 aromatic rings. The average molecular weight is 644 g/mol. The van der Waals surface area contributed by atoms with Gasteiger partial charge in [0.25, 0.3) is 0 Å². The predicted octanol–water partition coefficient (Wildman–Crippen LogP) is 6.05. The molecule has 1 N–H and O–H groups in total. The number of nitrogens with one attached hydrogen (secondary N) is 1. The first kappa shape index (κ1) is 32.8. The van der Waals surface area contributed by atoms with Crippen molar-refractivity contribution >= 4 is 6.03 Å². The summed E-state index contributed by atoms with van der Waals surface area (Å²) in [5, 5.41) is 3.26. The monoisotopic (exact) mass is 643 g/mol. The number of hydrogen-bond acceptors (Lipinski definition) is 7. The lowest BCUT2D eigenvalue weighted by molar-refractivity contribution is 0.0132. The van der Waals surface area contributed by atoms with Crippen LogP contribution in [0.3, 0.4) is 0 Å². The number of methoxy groups -OCH3 is 5. The minimum Gasteiger partial charge on any atom is -0.497 e. The number of carbonyl (C=O) groups excluding carboxylic acids is 1. The molecular formula is C38H49N3O6. The fraction of sp³-hybridized carbons (Fsp3) is 0.500. The van der Waals surface area contributed by atoms with Gasteiger partial charge in [-0.25, -0.2) is 4.79 Å². The lowest BCUT2D eigenvalue weighted by atomic mass is 9.71. The number of amides is 2. The Labute approximate surface area is 279 Å². The molecule has 4 unspecified atom stereocenters. The molecule has 2 amide bonds. The third-order valence-corrected chi connectivity index (χ3v) is 10.7. The highest BCUT2D eigenvalue weighted by Crippen LogP contribution is 2.47. The van der Waals surface area contributed by atoms with Gasteiger partial charge < -0.3 is 33.9 Å². The van der Waals surface area contributed by atoms with Crippen LogP contribution in [0, 0.1) is 11.8 Å². The lowest BCUT2D eigenvalue weighted by Crippen LogP contribution is -2.55. The van der Waals surface area contributed by atoms with E-state index in [2.05, 4.69) is 46.3 Å². The molecule has 0 spiro atoms. The number of fused-ring (bicyclic) bond motifs is 4. The van der Waals surface area contributed by atoms with E-state index in [-0.39, 0.29) is 18.1 Å². The summed E-state index contributed by atoms with van der Waals surface area (Å²) in [6, 6.07) is 16.7. The standard InChI is InChI=1S/C38H49N3O6/c1-7-25-23-40-14-12-27-18-35(45-4)37(47-6)21-31(27)32(40)20-30(25)33-16-28-19-36(46-5)34(44-3)17-26(28)13-15-41(33)38(42)39-22-24-8-10-29(43-2)11-9-24/h8-11,17-19,21,25,30,32-33H,7,12-16,20,22-23H2,1-6H3,(H,39,42). The Morgan fingerprint density at radius 1 is 0.787 bits per heavy atom. The highest BCUT2D eigenvalue weighted by Gasteiger charge is 2.45. The van der Waals surface area contributed by atoms with Crippen molar-refractivity contribution < 1.29 is 28.5 Å². The summed E-state index contributed by atoms with van der Waals surface area (Å²) in [7, 11) is 8.42. The largest absolute Gasteiger partial charge is 0.497 e. The van der Waals surface area contributed by atoms with Crippen LogP contribution < -0.4 is 29.0 Å². The maximum Gasteiger partial charge on any atom is 0.317 e. The predicted molar refractivity (Wildman–Crippen MR) is 182 cm³/mol. The number of ether oxygens (including phenoxy) is 5. The van der Waals surface area contributed by atoms with E-state index < -0.39 is 0 Å². The fourth-order valence-electron chi connectivity index (χ4n) is 8.15. The number of hydrogen-bond donors (Lipinski definition) is 1. The molecule has 6 rings (SSSR count). The Morgan fingerprint density at radius 2 is 1.40 bits per heavy atom. The van der Waals surface area contributed by atoms with E-state index in [1.54, 1.807) is 35.5 Å². The molecule has 9 nitrogen and oxygen atoms in total. The minimum atomic E-state index is -0.0229. The van der Waals surface area contributed by atoms with Crippen LogP contribution in [0.5, 0.6) is 28.7 Å². The van der Waals surface area contributed by atoms with E-state index in [4.69, 9.17) is 23.7 Å². The van der Waals surface area contributed by atoms with Crippen molar-refractivity contribution in [3.63, 3.8) is 0 Å². The summed E-state index contributed by atoms with van der Waals surface area (Å²) in [6.07, 6.45) is 4.53. The molecule has 0 aromatic heterocycles. The zero-order valence-electron chi connectivity index (χ0n) is 28.6. The molecular weight excluding hydrogens is 594 g/mol. The van der Waals surface area contributed by atoms with Crippen LogP contribution in [0.15, 0.2) is 48.5 Å². The highest BCUT2D eigenvalue weighted by atomic mass is 16.5. The lowest BCUT2D eigenvalue weighted by Gasteiger charge is -2.50. The van der Waals surface area contributed by atoms with Gasteiger partial charge in [0.1, 0.15) is 5.75 Å². The molecule has 9 heteroatoms. The van der Waals surface area contributed by atoms with Crippen molar-refractivity contribution in [2.75, 3.05) is 55.2 Å². The number of piperidine rings is 1. The van der Waals surface area contributed by atoms with E-state index in [9.17, 15) is 4.79 Å². The second-order valence-electron chi connectivity index (χ2n) is 12.9. The van der Waals surface area contributed by atoms with Gasteiger partial charge in [-0.05, 0) is 102 Å². The van der Waals surface area contributed by atoms with Gasteiger partial charge in [0.2, 0.25) is 0 Å². The molecule has 0 radical (unpaired) electrons. The Morgan fingerprint density at radius 3 is 2.04 bits per heavy atom. The molecule has 252 valence electrons. The van der Waals surface area contributed by atoms with Crippen LogP contribution in [-0.2, 0) is 25.8 Å². The van der Waals surface area contributed by atoms with Crippen molar-refractivity contribution in [1.82, 2.24) is 15.1 Å². The maximum atomic E-state index is 14.2. The normalized spacial score (nSPS) is 22.2. The molecule has 0 bridgehead atoms. The first-order chi connectivity index (χ1) is 22.9. The Hall–Kier alpha value is -4.11. The SMILES string of the molecule is CCC1CN2CCc3cc(OC)c(OC)cc3C2CC1C1Cc2cc(OC)c(OC)cc2CCN1C(=O)NCc1ccc(OC)cc1. The molecule has 4 atom stereocenters. The molecule has 3 heterocycles. The van der Waals surface area contributed by atoms with Crippen molar-refractivity contribution in [2.24, 2.45) is 11.8 Å². The minimum absolute atomic E-state index is 0.0165. The van der Waals surface area contributed by atoms with Crippen molar-refractivity contribution in [3.05, 3.63) is 76.3 Å². The van der Waals surface area contributed by atoms with Gasteiger partial charge in [0.15, 0.2) is 23.0 Å². The smallest absolute Gasteiger partial charge is 0.317 e. The molecule has 0 saturated carbocycles. The van der Waals surface area contributed by atoms with E-state index in [0.29, 0.717) is 24.9 Å². The van der Waals surface area contributed by atoms with Gasteiger partial charge in [0.05, 0.1) is 35.5 Å². The van der Waals surface area contributed by atoms with Gasteiger partial charge >= 0.3 is 6.03 Å². The number of urea groups is 1. The molecule has 1 fully saturated rings.